The van der Waals surface area contributed by atoms with Gasteiger partial charge in [-0.3, -0.25) is 14.9 Å². The summed E-state index contributed by atoms with van der Waals surface area (Å²) in [6.45, 7) is 0. The Morgan fingerprint density at radius 3 is 2.75 bits per heavy atom. The number of nitro groups is 1. The molecule has 2 rings (SSSR count). The summed E-state index contributed by atoms with van der Waals surface area (Å²) in [6, 6.07) is 3.28. The molecule has 1 aliphatic carbocycles. The van der Waals surface area contributed by atoms with E-state index >= 15 is 0 Å². The molecule has 1 N–H and O–H groups in total. The molecule has 0 unspecified atom stereocenters. The van der Waals surface area contributed by atoms with E-state index in [9.17, 15) is 19.3 Å². The van der Waals surface area contributed by atoms with Crippen molar-refractivity contribution in [3.8, 4) is 0 Å². The Kier molecular flexibility index (Phi) is 2.55. The van der Waals surface area contributed by atoms with Crippen LogP contribution in [0.1, 0.15) is 23.2 Å². The van der Waals surface area contributed by atoms with Crippen LogP contribution in [0.5, 0.6) is 0 Å². The highest BCUT2D eigenvalue weighted by molar-refractivity contribution is 5.95. The maximum atomic E-state index is 13.0. The first-order valence-corrected chi connectivity index (χ1v) is 4.83. The first-order chi connectivity index (χ1) is 7.58. The van der Waals surface area contributed by atoms with Crippen molar-refractivity contribution in [1.29, 1.82) is 0 Å². The van der Waals surface area contributed by atoms with Gasteiger partial charge in [0.25, 0.3) is 5.91 Å². The second-order valence-corrected chi connectivity index (χ2v) is 3.67. The zero-order valence-corrected chi connectivity index (χ0v) is 8.27. The molecule has 1 amide bonds. The predicted octanol–water partition coefficient (Wildman–Crippen LogP) is 1.63. The lowest BCUT2D eigenvalue weighted by molar-refractivity contribution is -0.387. The SMILES string of the molecule is O=C(NC1CC1)c1ccc(F)c([N+](=O)[O-])c1. The topological polar surface area (TPSA) is 72.2 Å². The Hall–Kier alpha value is -1.98. The van der Waals surface area contributed by atoms with Crippen molar-refractivity contribution in [3.05, 3.63) is 39.7 Å². The van der Waals surface area contributed by atoms with E-state index in [4.69, 9.17) is 0 Å². The van der Waals surface area contributed by atoms with Crippen LogP contribution in [0.15, 0.2) is 18.2 Å². The molecule has 1 aliphatic rings. The molecular formula is C10H9FN2O3. The van der Waals surface area contributed by atoms with Gasteiger partial charge in [0.05, 0.1) is 4.92 Å². The fourth-order valence-electron chi connectivity index (χ4n) is 1.29. The third kappa shape index (κ3) is 2.16. The molecule has 1 saturated carbocycles. The fourth-order valence-corrected chi connectivity index (χ4v) is 1.29. The van der Waals surface area contributed by atoms with E-state index < -0.39 is 22.3 Å². The van der Waals surface area contributed by atoms with Gasteiger partial charge in [-0.15, -0.1) is 0 Å². The van der Waals surface area contributed by atoms with Gasteiger partial charge in [0.2, 0.25) is 5.82 Å². The van der Waals surface area contributed by atoms with Gasteiger partial charge in [0, 0.05) is 17.7 Å². The molecule has 1 aromatic rings. The van der Waals surface area contributed by atoms with Crippen LogP contribution in [0.2, 0.25) is 0 Å². The summed E-state index contributed by atoms with van der Waals surface area (Å²) in [5, 5.41) is 13.1. The first-order valence-electron chi connectivity index (χ1n) is 4.83. The van der Waals surface area contributed by atoms with Gasteiger partial charge in [0.15, 0.2) is 0 Å². The van der Waals surface area contributed by atoms with E-state index in [1.54, 1.807) is 0 Å². The molecule has 0 aliphatic heterocycles. The van der Waals surface area contributed by atoms with Crippen LogP contribution in [-0.2, 0) is 0 Å². The number of nitrogens with one attached hydrogen (secondary N) is 1. The number of nitro benzene ring substituents is 1. The van der Waals surface area contributed by atoms with E-state index in [0.29, 0.717) is 0 Å². The molecule has 0 heterocycles. The third-order valence-corrected chi connectivity index (χ3v) is 2.32. The second-order valence-electron chi connectivity index (χ2n) is 3.67. The molecule has 16 heavy (non-hydrogen) atoms. The largest absolute Gasteiger partial charge is 0.349 e. The predicted molar refractivity (Wildman–Crippen MR) is 53.5 cm³/mol. The van der Waals surface area contributed by atoms with Crippen molar-refractivity contribution in [1.82, 2.24) is 5.32 Å². The van der Waals surface area contributed by atoms with Gasteiger partial charge in [-0.2, -0.15) is 4.39 Å². The number of carbonyl (C=O) groups is 1. The number of halogens is 1. The number of hydrogen-bond donors (Lipinski definition) is 1. The van der Waals surface area contributed by atoms with Crippen LogP contribution in [0, 0.1) is 15.9 Å². The Bertz CT molecular complexity index is 457. The molecule has 0 saturated heterocycles. The number of carbonyl (C=O) groups excluding carboxylic acids is 1. The van der Waals surface area contributed by atoms with Crippen molar-refractivity contribution < 1.29 is 14.1 Å². The minimum atomic E-state index is -0.937. The maximum Gasteiger partial charge on any atom is 0.305 e. The Morgan fingerprint density at radius 2 is 2.19 bits per heavy atom. The molecule has 5 nitrogen and oxygen atoms in total. The number of amides is 1. The molecular weight excluding hydrogens is 215 g/mol. The van der Waals surface area contributed by atoms with E-state index in [2.05, 4.69) is 5.32 Å². The summed E-state index contributed by atoms with van der Waals surface area (Å²) in [5.41, 5.74) is -0.566. The molecule has 0 spiro atoms. The number of hydrogen-bond acceptors (Lipinski definition) is 3. The van der Waals surface area contributed by atoms with Crippen LogP contribution in [0.25, 0.3) is 0 Å². The zero-order valence-electron chi connectivity index (χ0n) is 8.27. The molecule has 0 atom stereocenters. The molecule has 0 bridgehead atoms. The standard InChI is InChI=1S/C10H9FN2O3/c11-8-4-1-6(5-9(8)13(15)16)10(14)12-7-2-3-7/h1,4-5,7H,2-3H2,(H,12,14). The van der Waals surface area contributed by atoms with Crippen LogP contribution in [-0.4, -0.2) is 16.9 Å². The quantitative estimate of drug-likeness (QED) is 0.626. The number of nitrogens with zero attached hydrogens (tertiary/aromatic N) is 1. The van der Waals surface area contributed by atoms with Gasteiger partial charge in [-0.25, -0.2) is 0 Å². The van der Waals surface area contributed by atoms with Gasteiger partial charge in [-0.1, -0.05) is 0 Å². The normalized spacial score (nSPS) is 14.6. The summed E-state index contributed by atoms with van der Waals surface area (Å²) in [6.07, 6.45) is 1.85. The van der Waals surface area contributed by atoms with Crippen LogP contribution >= 0.6 is 0 Å². The molecule has 0 radical (unpaired) electrons. The maximum absolute atomic E-state index is 13.0. The van der Waals surface area contributed by atoms with Crippen LogP contribution in [0.3, 0.4) is 0 Å². The summed E-state index contributed by atoms with van der Waals surface area (Å²) >= 11 is 0. The van der Waals surface area contributed by atoms with E-state index in [1.165, 1.54) is 6.07 Å². The van der Waals surface area contributed by atoms with Crippen LogP contribution in [0.4, 0.5) is 10.1 Å². The third-order valence-electron chi connectivity index (χ3n) is 2.32. The highest BCUT2D eigenvalue weighted by Crippen LogP contribution is 2.21. The average Bonchev–Trinajstić information content (AvgIpc) is 3.01. The van der Waals surface area contributed by atoms with Crippen molar-refractivity contribution in [3.63, 3.8) is 0 Å². The minimum Gasteiger partial charge on any atom is -0.349 e. The Labute approximate surface area is 90.4 Å². The Morgan fingerprint density at radius 1 is 1.50 bits per heavy atom. The molecule has 0 aromatic heterocycles. The summed E-state index contributed by atoms with van der Waals surface area (Å²) in [4.78, 5) is 21.1. The summed E-state index contributed by atoms with van der Waals surface area (Å²) < 4.78 is 13.0. The first kappa shape index (κ1) is 10.5. The van der Waals surface area contributed by atoms with Crippen molar-refractivity contribution in [2.75, 3.05) is 0 Å². The number of rotatable bonds is 3. The molecule has 1 fully saturated rings. The summed E-state index contributed by atoms with van der Waals surface area (Å²) in [7, 11) is 0. The van der Waals surface area contributed by atoms with E-state index in [1.807, 2.05) is 0 Å². The fraction of sp³-hybridized carbons (Fsp3) is 0.300. The average molecular weight is 224 g/mol. The van der Waals surface area contributed by atoms with Crippen molar-refractivity contribution in [2.24, 2.45) is 0 Å². The van der Waals surface area contributed by atoms with E-state index in [0.717, 1.165) is 25.0 Å². The highest BCUT2D eigenvalue weighted by atomic mass is 19.1. The van der Waals surface area contributed by atoms with Crippen LogP contribution < -0.4 is 5.32 Å². The smallest absolute Gasteiger partial charge is 0.305 e. The highest BCUT2D eigenvalue weighted by Gasteiger charge is 2.25. The van der Waals surface area contributed by atoms with Crippen molar-refractivity contribution in [2.45, 2.75) is 18.9 Å². The van der Waals surface area contributed by atoms with Gasteiger partial charge < -0.3 is 5.32 Å². The Balaban J connectivity index is 2.23. The van der Waals surface area contributed by atoms with Gasteiger partial charge in [-0.05, 0) is 25.0 Å². The zero-order chi connectivity index (χ0) is 11.7. The lowest BCUT2D eigenvalue weighted by atomic mass is 10.2. The lowest BCUT2D eigenvalue weighted by Gasteiger charge is -2.03. The monoisotopic (exact) mass is 224 g/mol. The molecule has 6 heteroatoms. The number of benzene rings is 1. The minimum absolute atomic E-state index is 0.111. The van der Waals surface area contributed by atoms with Gasteiger partial charge >= 0.3 is 5.69 Å². The second kappa shape index (κ2) is 3.88. The van der Waals surface area contributed by atoms with E-state index in [-0.39, 0.29) is 11.6 Å². The summed E-state index contributed by atoms with van der Waals surface area (Å²) in [5.74, 6) is -1.33. The van der Waals surface area contributed by atoms with Gasteiger partial charge in [0.1, 0.15) is 0 Å². The lowest BCUT2D eigenvalue weighted by Crippen LogP contribution is -2.25. The molecule has 84 valence electrons. The van der Waals surface area contributed by atoms with Crippen molar-refractivity contribution >= 4 is 11.6 Å². The molecule has 1 aromatic carbocycles.